The second-order valence-corrected chi connectivity index (χ2v) is 8.93. The summed E-state index contributed by atoms with van der Waals surface area (Å²) in [5.74, 6) is 1.43. The van der Waals surface area contributed by atoms with Crippen LogP contribution in [0.1, 0.15) is 0 Å². The Labute approximate surface area is 210 Å². The fraction of sp³-hybridized carbons (Fsp3) is 0.276. The molecule has 1 unspecified atom stereocenters. The quantitative estimate of drug-likeness (QED) is 0.377. The van der Waals surface area contributed by atoms with Crippen molar-refractivity contribution in [1.29, 1.82) is 0 Å². The number of aliphatic hydroxyl groups is 1. The van der Waals surface area contributed by atoms with Crippen molar-refractivity contribution < 1.29 is 19.0 Å². The van der Waals surface area contributed by atoms with Gasteiger partial charge in [0.25, 0.3) is 0 Å². The maximum Gasteiger partial charge on any atom is 0.336 e. The number of piperazine rings is 1. The van der Waals surface area contributed by atoms with Crippen molar-refractivity contribution in [1.82, 2.24) is 4.90 Å². The number of β-amino-alcohol motifs (C(OH)–C–C–N with tert-alkyl or cyclic N) is 1. The SMILES string of the molecule is COc1ccccc1N1CCN(CC(O)COc2ccc3c(-c4ccccc4)cc(=O)oc3c2)CC1. The van der Waals surface area contributed by atoms with Crippen LogP contribution in [0, 0.1) is 0 Å². The third-order valence-corrected chi connectivity index (χ3v) is 6.51. The van der Waals surface area contributed by atoms with Crippen LogP contribution < -0.4 is 20.0 Å². The molecule has 1 N–H and O–H groups in total. The monoisotopic (exact) mass is 486 g/mol. The van der Waals surface area contributed by atoms with Gasteiger partial charge in [0, 0.05) is 50.2 Å². The topological polar surface area (TPSA) is 75.4 Å². The molecule has 0 aliphatic carbocycles. The zero-order valence-electron chi connectivity index (χ0n) is 20.3. The van der Waals surface area contributed by atoms with Crippen LogP contribution in [0.25, 0.3) is 22.1 Å². The van der Waals surface area contributed by atoms with Gasteiger partial charge in [0.1, 0.15) is 29.8 Å². The van der Waals surface area contributed by atoms with E-state index >= 15 is 0 Å². The molecule has 7 heteroatoms. The van der Waals surface area contributed by atoms with Gasteiger partial charge >= 0.3 is 5.63 Å². The van der Waals surface area contributed by atoms with E-state index in [9.17, 15) is 9.90 Å². The molecule has 3 aromatic carbocycles. The molecule has 1 aromatic heterocycles. The maximum absolute atomic E-state index is 12.2. The van der Waals surface area contributed by atoms with E-state index in [0.29, 0.717) is 17.9 Å². The molecule has 36 heavy (non-hydrogen) atoms. The van der Waals surface area contributed by atoms with E-state index < -0.39 is 11.7 Å². The zero-order valence-corrected chi connectivity index (χ0v) is 20.3. The molecule has 0 spiro atoms. The molecule has 1 atom stereocenters. The Morgan fingerprint density at radius 2 is 1.69 bits per heavy atom. The molecule has 0 radical (unpaired) electrons. The first-order valence-electron chi connectivity index (χ1n) is 12.2. The zero-order chi connectivity index (χ0) is 24.9. The molecule has 4 aromatic rings. The standard InChI is InChI=1S/C29H30N2O5/c1-34-27-10-6-5-9-26(27)31-15-13-30(14-16-31)19-22(32)20-35-23-11-12-24-25(21-7-3-2-4-8-21)18-29(33)36-28(24)17-23/h2-12,17-18,22,32H,13-16,19-20H2,1H3. The van der Waals surface area contributed by atoms with Gasteiger partial charge in [0.2, 0.25) is 0 Å². The van der Waals surface area contributed by atoms with E-state index in [2.05, 4.69) is 15.9 Å². The number of anilines is 1. The Balaban J connectivity index is 1.18. The highest BCUT2D eigenvalue weighted by Gasteiger charge is 2.21. The summed E-state index contributed by atoms with van der Waals surface area (Å²) >= 11 is 0. The first kappa shape index (κ1) is 23.9. The number of rotatable bonds is 8. The van der Waals surface area contributed by atoms with Gasteiger partial charge in [0.15, 0.2) is 0 Å². The highest BCUT2D eigenvalue weighted by Crippen LogP contribution is 2.30. The Hall–Kier alpha value is -3.81. The number of nitrogens with zero attached hydrogens (tertiary/aromatic N) is 2. The van der Waals surface area contributed by atoms with Crippen LogP contribution in [0.2, 0.25) is 0 Å². The minimum Gasteiger partial charge on any atom is -0.495 e. The van der Waals surface area contributed by atoms with Gasteiger partial charge in [-0.3, -0.25) is 4.90 Å². The van der Waals surface area contributed by atoms with Crippen LogP contribution in [0.4, 0.5) is 5.69 Å². The van der Waals surface area contributed by atoms with E-state index in [1.54, 1.807) is 13.2 Å². The Kier molecular flexibility index (Phi) is 7.21. The van der Waals surface area contributed by atoms with Gasteiger partial charge in [-0.15, -0.1) is 0 Å². The molecule has 0 saturated carbocycles. The number of ether oxygens (including phenoxy) is 2. The van der Waals surface area contributed by atoms with Crippen LogP contribution in [-0.2, 0) is 0 Å². The van der Waals surface area contributed by atoms with Crippen LogP contribution in [0.3, 0.4) is 0 Å². The van der Waals surface area contributed by atoms with Crippen LogP contribution >= 0.6 is 0 Å². The Morgan fingerprint density at radius 1 is 0.944 bits per heavy atom. The lowest BCUT2D eigenvalue weighted by molar-refractivity contribution is 0.0663. The number of para-hydroxylation sites is 2. The molecule has 1 saturated heterocycles. The summed E-state index contributed by atoms with van der Waals surface area (Å²) in [5.41, 5.74) is 2.92. The number of fused-ring (bicyclic) bond motifs is 1. The van der Waals surface area contributed by atoms with Crippen molar-refractivity contribution in [3.05, 3.63) is 89.3 Å². The molecule has 0 amide bonds. The number of hydrogen-bond donors (Lipinski definition) is 1. The fourth-order valence-corrected chi connectivity index (χ4v) is 4.69. The molecule has 5 rings (SSSR count). The normalized spacial score (nSPS) is 15.1. The minimum absolute atomic E-state index is 0.154. The maximum atomic E-state index is 12.2. The van der Waals surface area contributed by atoms with Crippen molar-refractivity contribution in [3.8, 4) is 22.6 Å². The number of benzene rings is 3. The van der Waals surface area contributed by atoms with Gasteiger partial charge in [-0.2, -0.15) is 0 Å². The predicted molar refractivity (Wildman–Crippen MR) is 141 cm³/mol. The number of hydrogen-bond acceptors (Lipinski definition) is 7. The minimum atomic E-state index is -0.638. The summed E-state index contributed by atoms with van der Waals surface area (Å²) in [6.07, 6.45) is -0.638. The first-order valence-corrected chi connectivity index (χ1v) is 12.2. The largest absolute Gasteiger partial charge is 0.495 e. The van der Waals surface area contributed by atoms with Crippen molar-refractivity contribution in [2.45, 2.75) is 6.10 Å². The summed E-state index contributed by atoms with van der Waals surface area (Å²) in [6.45, 7) is 4.10. The van der Waals surface area contributed by atoms with Crippen molar-refractivity contribution in [2.75, 3.05) is 51.3 Å². The lowest BCUT2D eigenvalue weighted by Crippen LogP contribution is -2.49. The van der Waals surface area contributed by atoms with Crippen molar-refractivity contribution in [3.63, 3.8) is 0 Å². The second kappa shape index (κ2) is 10.8. The average Bonchev–Trinajstić information content (AvgIpc) is 2.92. The summed E-state index contributed by atoms with van der Waals surface area (Å²) < 4.78 is 16.8. The molecule has 2 heterocycles. The lowest BCUT2D eigenvalue weighted by atomic mass is 10.0. The number of aliphatic hydroxyl groups excluding tert-OH is 1. The van der Waals surface area contributed by atoms with Gasteiger partial charge in [-0.05, 0) is 35.4 Å². The smallest absolute Gasteiger partial charge is 0.336 e. The fourth-order valence-electron chi connectivity index (χ4n) is 4.69. The van der Waals surface area contributed by atoms with Crippen LogP contribution in [0.15, 0.2) is 88.1 Å². The van der Waals surface area contributed by atoms with Crippen LogP contribution in [-0.4, -0.2) is 62.6 Å². The third kappa shape index (κ3) is 5.37. The summed E-state index contributed by atoms with van der Waals surface area (Å²) in [7, 11) is 1.69. The number of methoxy groups -OCH3 is 1. The lowest BCUT2D eigenvalue weighted by Gasteiger charge is -2.37. The predicted octanol–water partition coefficient (Wildman–Crippen LogP) is 4.03. The molecular weight excluding hydrogens is 456 g/mol. The molecule has 0 bridgehead atoms. The van der Waals surface area contributed by atoms with Crippen molar-refractivity contribution >= 4 is 16.7 Å². The third-order valence-electron chi connectivity index (χ3n) is 6.51. The van der Waals surface area contributed by atoms with Crippen LogP contribution in [0.5, 0.6) is 11.5 Å². The van der Waals surface area contributed by atoms with Crippen molar-refractivity contribution in [2.24, 2.45) is 0 Å². The van der Waals surface area contributed by atoms with Gasteiger partial charge < -0.3 is 23.9 Å². The molecular formula is C29H30N2O5. The van der Waals surface area contributed by atoms with Gasteiger partial charge in [-0.1, -0.05) is 42.5 Å². The second-order valence-electron chi connectivity index (χ2n) is 8.93. The molecule has 1 aliphatic rings. The molecule has 7 nitrogen and oxygen atoms in total. The van der Waals surface area contributed by atoms with Gasteiger partial charge in [0.05, 0.1) is 12.8 Å². The Bertz CT molecular complexity index is 1360. The summed E-state index contributed by atoms with van der Waals surface area (Å²) in [5, 5.41) is 11.4. The highest BCUT2D eigenvalue weighted by atomic mass is 16.5. The van der Waals surface area contributed by atoms with E-state index in [-0.39, 0.29) is 6.61 Å². The molecule has 1 fully saturated rings. The molecule has 1 aliphatic heterocycles. The highest BCUT2D eigenvalue weighted by molar-refractivity contribution is 5.93. The van der Waals surface area contributed by atoms with E-state index in [1.807, 2.05) is 60.7 Å². The average molecular weight is 487 g/mol. The summed E-state index contributed by atoms with van der Waals surface area (Å²) in [4.78, 5) is 16.7. The molecule has 186 valence electrons. The van der Waals surface area contributed by atoms with Gasteiger partial charge in [-0.25, -0.2) is 4.79 Å². The first-order chi connectivity index (χ1) is 17.6. The Morgan fingerprint density at radius 3 is 2.47 bits per heavy atom. The van der Waals surface area contributed by atoms with E-state index in [1.165, 1.54) is 6.07 Å². The van der Waals surface area contributed by atoms with E-state index in [4.69, 9.17) is 13.9 Å². The summed E-state index contributed by atoms with van der Waals surface area (Å²) in [6, 6.07) is 24.7. The van der Waals surface area contributed by atoms with E-state index in [0.717, 1.165) is 54.1 Å².